The summed E-state index contributed by atoms with van der Waals surface area (Å²) in [5, 5.41) is 9.67. The molecule has 2 aromatic rings. The molecule has 0 unspecified atom stereocenters. The predicted octanol–water partition coefficient (Wildman–Crippen LogP) is 3.55. The average Bonchev–Trinajstić information content (AvgIpc) is 2.85. The van der Waals surface area contributed by atoms with Crippen LogP contribution in [-0.2, 0) is 4.74 Å². The summed E-state index contributed by atoms with van der Waals surface area (Å²) in [5.74, 6) is 6.08. The second kappa shape index (κ2) is 6.67. The van der Waals surface area contributed by atoms with Crippen molar-refractivity contribution in [2.45, 2.75) is 39.2 Å². The number of carbonyl (C=O) groups is 1. The molecule has 0 amide bonds. The maximum atomic E-state index is 12.2. The average molecular weight is 299 g/mol. The van der Waals surface area contributed by atoms with Crippen LogP contribution in [0.1, 0.15) is 39.2 Å². The van der Waals surface area contributed by atoms with Gasteiger partial charge in [0.2, 0.25) is 0 Å². The van der Waals surface area contributed by atoms with Crippen LogP contribution in [0.15, 0.2) is 30.5 Å². The third kappa shape index (κ3) is 4.12. The second-order valence-corrected chi connectivity index (χ2v) is 6.07. The molecule has 1 aromatic heterocycles. The Morgan fingerprint density at radius 3 is 2.77 bits per heavy atom. The van der Waals surface area contributed by atoms with Crippen LogP contribution in [0.5, 0.6) is 0 Å². The number of aliphatic hydroxyl groups excluding tert-OH is 1. The van der Waals surface area contributed by atoms with Crippen LogP contribution >= 0.6 is 0 Å². The summed E-state index contributed by atoms with van der Waals surface area (Å²) in [6, 6.07) is 7.57. The summed E-state index contributed by atoms with van der Waals surface area (Å²) >= 11 is 0. The molecule has 22 heavy (non-hydrogen) atoms. The van der Waals surface area contributed by atoms with Crippen LogP contribution in [0.4, 0.5) is 4.79 Å². The lowest BCUT2D eigenvalue weighted by molar-refractivity contribution is 0.0544. The largest absolute Gasteiger partial charge is 0.443 e. The van der Waals surface area contributed by atoms with E-state index in [2.05, 4.69) is 11.8 Å². The molecule has 1 N–H and O–H groups in total. The summed E-state index contributed by atoms with van der Waals surface area (Å²) in [6.07, 6.45) is 2.68. The number of carbonyl (C=O) groups excluding carboxylic acids is 1. The molecule has 0 aliphatic rings. The number of aliphatic hydroxyl groups is 1. The van der Waals surface area contributed by atoms with Gasteiger partial charge in [-0.1, -0.05) is 11.8 Å². The van der Waals surface area contributed by atoms with Gasteiger partial charge < -0.3 is 9.84 Å². The van der Waals surface area contributed by atoms with Gasteiger partial charge in [0.25, 0.3) is 0 Å². The maximum Gasteiger partial charge on any atom is 0.418 e. The molecule has 1 heterocycles. The van der Waals surface area contributed by atoms with Crippen molar-refractivity contribution >= 4 is 17.0 Å². The smallest absolute Gasteiger partial charge is 0.418 e. The molecule has 0 atom stereocenters. The van der Waals surface area contributed by atoms with E-state index < -0.39 is 5.60 Å². The zero-order chi connectivity index (χ0) is 16.2. The number of hydrogen-bond donors (Lipinski definition) is 1. The Hall–Kier alpha value is -2.25. The monoisotopic (exact) mass is 299 g/mol. The van der Waals surface area contributed by atoms with Gasteiger partial charge in [-0.15, -0.1) is 0 Å². The van der Waals surface area contributed by atoms with E-state index in [9.17, 15) is 4.79 Å². The summed E-state index contributed by atoms with van der Waals surface area (Å²) in [6.45, 7) is 5.69. The van der Waals surface area contributed by atoms with Crippen LogP contribution in [0.25, 0.3) is 10.9 Å². The molecule has 4 heteroatoms. The fourth-order valence-electron chi connectivity index (χ4n) is 2.02. The van der Waals surface area contributed by atoms with E-state index >= 15 is 0 Å². The molecular formula is C18H21NO3. The van der Waals surface area contributed by atoms with Gasteiger partial charge in [-0.3, -0.25) is 4.57 Å². The molecule has 2 rings (SSSR count). The van der Waals surface area contributed by atoms with E-state index in [0.717, 1.165) is 16.5 Å². The predicted molar refractivity (Wildman–Crippen MR) is 86.8 cm³/mol. The topological polar surface area (TPSA) is 51.5 Å². The minimum atomic E-state index is -0.522. The molecule has 0 fully saturated rings. The van der Waals surface area contributed by atoms with Gasteiger partial charge >= 0.3 is 6.09 Å². The van der Waals surface area contributed by atoms with Crippen LogP contribution in [-0.4, -0.2) is 28.0 Å². The molecule has 0 spiro atoms. The highest BCUT2D eigenvalue weighted by Gasteiger charge is 2.18. The van der Waals surface area contributed by atoms with Crippen molar-refractivity contribution in [1.82, 2.24) is 4.57 Å². The SMILES string of the molecule is CC(C)(C)OC(=O)n1ccc2cc(C#CCCCO)ccc21. The third-order valence-corrected chi connectivity index (χ3v) is 2.97. The lowest BCUT2D eigenvalue weighted by Gasteiger charge is -2.19. The Balaban J connectivity index is 2.23. The van der Waals surface area contributed by atoms with Gasteiger partial charge in [-0.25, -0.2) is 4.79 Å². The molecule has 1 aromatic carbocycles. The minimum absolute atomic E-state index is 0.159. The number of benzene rings is 1. The molecule has 116 valence electrons. The van der Waals surface area contributed by atoms with Crippen LogP contribution in [0.3, 0.4) is 0 Å². The Morgan fingerprint density at radius 2 is 2.09 bits per heavy atom. The first-order chi connectivity index (χ1) is 10.4. The fraction of sp³-hybridized carbons (Fsp3) is 0.389. The second-order valence-electron chi connectivity index (χ2n) is 6.07. The maximum absolute atomic E-state index is 12.2. The normalized spacial score (nSPS) is 11.1. The zero-order valence-electron chi connectivity index (χ0n) is 13.2. The number of ether oxygens (including phenoxy) is 1. The number of unbranched alkanes of at least 4 members (excludes halogenated alkanes) is 1. The summed E-state index contributed by atoms with van der Waals surface area (Å²) in [4.78, 5) is 12.2. The lowest BCUT2D eigenvalue weighted by Crippen LogP contribution is -2.26. The molecule has 0 bridgehead atoms. The standard InChI is InChI=1S/C18H21NO3/c1-18(2,3)22-17(21)19-11-10-15-13-14(8-9-16(15)19)7-5-4-6-12-20/h8-11,13,20H,4,6,12H2,1-3H3. The Morgan fingerprint density at radius 1 is 1.32 bits per heavy atom. The van der Waals surface area contributed by atoms with Gasteiger partial charge in [0.15, 0.2) is 0 Å². The molecule has 4 nitrogen and oxygen atoms in total. The van der Waals surface area contributed by atoms with Gasteiger partial charge in [-0.05, 0) is 51.5 Å². The Bertz CT molecular complexity index is 726. The van der Waals surface area contributed by atoms with Crippen LogP contribution in [0.2, 0.25) is 0 Å². The number of fused-ring (bicyclic) bond motifs is 1. The molecular weight excluding hydrogens is 278 g/mol. The molecule has 0 saturated carbocycles. The van der Waals surface area contributed by atoms with E-state index in [1.807, 2.05) is 45.0 Å². The minimum Gasteiger partial charge on any atom is -0.443 e. The summed E-state index contributed by atoms with van der Waals surface area (Å²) in [7, 11) is 0. The van der Waals surface area contributed by atoms with Crippen molar-refractivity contribution in [3.8, 4) is 11.8 Å². The number of hydrogen-bond acceptors (Lipinski definition) is 3. The van der Waals surface area contributed by atoms with E-state index in [4.69, 9.17) is 9.84 Å². The highest BCUT2D eigenvalue weighted by Crippen LogP contribution is 2.19. The molecule has 0 radical (unpaired) electrons. The van der Waals surface area contributed by atoms with Crippen molar-refractivity contribution in [2.24, 2.45) is 0 Å². The first-order valence-electron chi connectivity index (χ1n) is 7.35. The zero-order valence-corrected chi connectivity index (χ0v) is 13.2. The quantitative estimate of drug-likeness (QED) is 0.681. The van der Waals surface area contributed by atoms with E-state index in [-0.39, 0.29) is 12.7 Å². The van der Waals surface area contributed by atoms with Crippen molar-refractivity contribution in [1.29, 1.82) is 0 Å². The lowest BCUT2D eigenvalue weighted by atomic mass is 10.1. The molecule has 0 saturated heterocycles. The van der Waals surface area contributed by atoms with Gasteiger partial charge in [-0.2, -0.15) is 0 Å². The Labute approximate surface area is 130 Å². The van der Waals surface area contributed by atoms with Crippen molar-refractivity contribution in [3.05, 3.63) is 36.0 Å². The highest BCUT2D eigenvalue weighted by molar-refractivity contribution is 5.90. The van der Waals surface area contributed by atoms with Crippen molar-refractivity contribution < 1.29 is 14.6 Å². The van der Waals surface area contributed by atoms with E-state index in [1.165, 1.54) is 4.57 Å². The number of rotatable bonds is 2. The summed E-state index contributed by atoms with van der Waals surface area (Å²) in [5.41, 5.74) is 1.17. The highest BCUT2D eigenvalue weighted by atomic mass is 16.6. The van der Waals surface area contributed by atoms with Gasteiger partial charge in [0.1, 0.15) is 5.60 Å². The Kier molecular flexibility index (Phi) is 4.89. The molecule has 0 aliphatic carbocycles. The number of nitrogens with zero attached hydrogens (tertiary/aromatic N) is 1. The fourth-order valence-corrected chi connectivity index (χ4v) is 2.02. The van der Waals surface area contributed by atoms with Crippen molar-refractivity contribution in [2.75, 3.05) is 6.61 Å². The van der Waals surface area contributed by atoms with Gasteiger partial charge in [0, 0.05) is 30.2 Å². The van der Waals surface area contributed by atoms with E-state index in [1.54, 1.807) is 6.20 Å². The number of aromatic nitrogens is 1. The first kappa shape index (κ1) is 16.1. The molecule has 0 aliphatic heterocycles. The van der Waals surface area contributed by atoms with Crippen LogP contribution in [0, 0.1) is 11.8 Å². The summed E-state index contributed by atoms with van der Waals surface area (Å²) < 4.78 is 6.89. The van der Waals surface area contributed by atoms with Gasteiger partial charge in [0.05, 0.1) is 5.52 Å². The third-order valence-electron chi connectivity index (χ3n) is 2.97. The van der Waals surface area contributed by atoms with Crippen LogP contribution < -0.4 is 0 Å². The van der Waals surface area contributed by atoms with Crippen molar-refractivity contribution in [3.63, 3.8) is 0 Å². The van der Waals surface area contributed by atoms with E-state index in [0.29, 0.717) is 12.8 Å². The first-order valence-corrected chi connectivity index (χ1v) is 7.35.